The summed E-state index contributed by atoms with van der Waals surface area (Å²) in [5.41, 5.74) is 4.42. The summed E-state index contributed by atoms with van der Waals surface area (Å²) in [7, 11) is 0. The van der Waals surface area contributed by atoms with Gasteiger partial charge < -0.3 is 5.32 Å². The van der Waals surface area contributed by atoms with E-state index in [9.17, 15) is 8.78 Å². The van der Waals surface area contributed by atoms with Crippen LogP contribution < -0.4 is 5.32 Å². The molecule has 2 aromatic carbocycles. The summed E-state index contributed by atoms with van der Waals surface area (Å²) < 4.78 is 26.6. The van der Waals surface area contributed by atoms with Crippen molar-refractivity contribution >= 4 is 0 Å². The third-order valence-electron chi connectivity index (χ3n) is 3.73. The Morgan fingerprint density at radius 3 is 2.43 bits per heavy atom. The Labute approximate surface area is 125 Å². The maximum atomic E-state index is 13.5. The van der Waals surface area contributed by atoms with E-state index in [-0.39, 0.29) is 6.04 Å². The molecule has 0 radical (unpaired) electrons. The Morgan fingerprint density at radius 1 is 1.00 bits per heavy atom. The molecule has 0 aliphatic heterocycles. The Balaban J connectivity index is 2.30. The summed E-state index contributed by atoms with van der Waals surface area (Å²) in [6.07, 6.45) is 0.756. The lowest BCUT2D eigenvalue weighted by Gasteiger charge is -2.20. The molecule has 0 heterocycles. The van der Waals surface area contributed by atoms with Gasteiger partial charge in [0.1, 0.15) is 0 Å². The van der Waals surface area contributed by atoms with Gasteiger partial charge in [0.05, 0.1) is 0 Å². The van der Waals surface area contributed by atoms with E-state index in [1.165, 1.54) is 28.8 Å². The summed E-state index contributed by atoms with van der Waals surface area (Å²) in [6.45, 7) is 6.91. The number of aryl methyl sites for hydroxylation is 2. The second kappa shape index (κ2) is 6.81. The smallest absolute Gasteiger partial charge is 0.159 e. The highest BCUT2D eigenvalue weighted by Crippen LogP contribution is 2.23. The first kappa shape index (κ1) is 15.6. The number of hydrogen-bond donors (Lipinski definition) is 1. The van der Waals surface area contributed by atoms with Crippen LogP contribution in [0.25, 0.3) is 0 Å². The highest BCUT2D eigenvalue weighted by molar-refractivity contribution is 5.33. The molecule has 0 saturated heterocycles. The molecule has 0 bridgehead atoms. The third kappa shape index (κ3) is 3.88. The molecule has 1 unspecified atom stereocenters. The number of halogens is 2. The fourth-order valence-electron chi connectivity index (χ4n) is 2.52. The molecular formula is C18H21F2N. The van der Waals surface area contributed by atoms with Crippen LogP contribution in [0, 0.1) is 25.5 Å². The SMILES string of the molecule is CCNC(Cc1cc(C)ccc1C)c1ccc(F)c(F)c1. The molecule has 0 aliphatic carbocycles. The number of benzene rings is 2. The fraction of sp³-hybridized carbons (Fsp3) is 0.333. The van der Waals surface area contributed by atoms with E-state index in [0.29, 0.717) is 0 Å². The van der Waals surface area contributed by atoms with Crippen LogP contribution >= 0.6 is 0 Å². The van der Waals surface area contributed by atoms with Crippen molar-refractivity contribution in [1.29, 1.82) is 0 Å². The molecule has 1 nitrogen and oxygen atoms in total. The first-order chi connectivity index (χ1) is 10.0. The zero-order chi connectivity index (χ0) is 15.4. The van der Waals surface area contributed by atoms with Gasteiger partial charge in [0.25, 0.3) is 0 Å². The average molecular weight is 289 g/mol. The van der Waals surface area contributed by atoms with Crippen LogP contribution in [0.2, 0.25) is 0 Å². The Bertz CT molecular complexity index is 623. The normalized spacial score (nSPS) is 12.4. The molecule has 112 valence electrons. The second-order valence-corrected chi connectivity index (χ2v) is 5.42. The van der Waals surface area contributed by atoms with Crippen LogP contribution in [0.15, 0.2) is 36.4 Å². The molecule has 0 fully saturated rings. The highest BCUT2D eigenvalue weighted by Gasteiger charge is 2.14. The average Bonchev–Trinajstić information content (AvgIpc) is 2.45. The Morgan fingerprint density at radius 2 is 1.76 bits per heavy atom. The van der Waals surface area contributed by atoms with Crippen molar-refractivity contribution in [3.8, 4) is 0 Å². The molecule has 0 amide bonds. The van der Waals surface area contributed by atoms with Crippen LogP contribution in [0.5, 0.6) is 0 Å². The van der Waals surface area contributed by atoms with Gasteiger partial charge in [-0.3, -0.25) is 0 Å². The van der Waals surface area contributed by atoms with Crippen LogP contribution in [0.4, 0.5) is 8.78 Å². The van der Waals surface area contributed by atoms with E-state index in [4.69, 9.17) is 0 Å². The maximum Gasteiger partial charge on any atom is 0.159 e. The zero-order valence-electron chi connectivity index (χ0n) is 12.7. The molecule has 21 heavy (non-hydrogen) atoms. The largest absolute Gasteiger partial charge is 0.310 e. The van der Waals surface area contributed by atoms with Crippen molar-refractivity contribution < 1.29 is 8.78 Å². The molecule has 2 aromatic rings. The van der Waals surface area contributed by atoms with Gasteiger partial charge in [-0.25, -0.2) is 8.78 Å². The minimum absolute atomic E-state index is 0.0226. The standard InChI is InChI=1S/C18H21F2N/c1-4-21-18(14-7-8-16(19)17(20)10-14)11-15-9-12(2)5-6-13(15)3/h5-10,18,21H,4,11H2,1-3H3. The highest BCUT2D eigenvalue weighted by atomic mass is 19.2. The van der Waals surface area contributed by atoms with E-state index in [2.05, 4.69) is 37.4 Å². The van der Waals surface area contributed by atoms with Gasteiger partial charge in [-0.15, -0.1) is 0 Å². The van der Waals surface area contributed by atoms with E-state index < -0.39 is 11.6 Å². The van der Waals surface area contributed by atoms with E-state index in [0.717, 1.165) is 18.5 Å². The Hall–Kier alpha value is -1.74. The lowest BCUT2D eigenvalue weighted by atomic mass is 9.94. The molecule has 0 aliphatic rings. The van der Waals surface area contributed by atoms with Gasteiger partial charge in [0, 0.05) is 6.04 Å². The van der Waals surface area contributed by atoms with Crippen LogP contribution in [0.1, 0.15) is 35.2 Å². The summed E-state index contributed by atoms with van der Waals surface area (Å²) >= 11 is 0. The monoisotopic (exact) mass is 289 g/mol. The molecule has 0 aromatic heterocycles. The quantitative estimate of drug-likeness (QED) is 0.856. The first-order valence-corrected chi connectivity index (χ1v) is 7.25. The van der Waals surface area contributed by atoms with Crippen molar-refractivity contribution in [2.45, 2.75) is 33.2 Å². The summed E-state index contributed by atoms with van der Waals surface area (Å²) in [6, 6.07) is 10.4. The second-order valence-electron chi connectivity index (χ2n) is 5.42. The van der Waals surface area contributed by atoms with Gasteiger partial charge in [-0.2, -0.15) is 0 Å². The summed E-state index contributed by atoms with van der Waals surface area (Å²) in [4.78, 5) is 0. The van der Waals surface area contributed by atoms with Gasteiger partial charge in [0.15, 0.2) is 11.6 Å². The van der Waals surface area contributed by atoms with Crippen molar-refractivity contribution in [3.05, 3.63) is 70.3 Å². The van der Waals surface area contributed by atoms with E-state index >= 15 is 0 Å². The van der Waals surface area contributed by atoms with Gasteiger partial charge in [0.2, 0.25) is 0 Å². The van der Waals surface area contributed by atoms with Crippen LogP contribution in [-0.2, 0) is 6.42 Å². The number of rotatable bonds is 5. The number of hydrogen-bond acceptors (Lipinski definition) is 1. The molecule has 0 spiro atoms. The van der Waals surface area contributed by atoms with Gasteiger partial charge in [-0.1, -0.05) is 36.8 Å². The molecule has 1 N–H and O–H groups in total. The third-order valence-corrected chi connectivity index (χ3v) is 3.73. The summed E-state index contributed by atoms with van der Waals surface area (Å²) in [5, 5.41) is 3.35. The Kier molecular flexibility index (Phi) is 5.07. The van der Waals surface area contributed by atoms with Gasteiger partial charge >= 0.3 is 0 Å². The lowest BCUT2D eigenvalue weighted by Crippen LogP contribution is -2.23. The van der Waals surface area contributed by atoms with Crippen molar-refractivity contribution in [2.75, 3.05) is 6.54 Å². The van der Waals surface area contributed by atoms with E-state index in [1.807, 2.05) is 6.92 Å². The van der Waals surface area contributed by atoms with E-state index in [1.54, 1.807) is 6.07 Å². The van der Waals surface area contributed by atoms with Crippen LogP contribution in [0.3, 0.4) is 0 Å². The molecule has 2 rings (SSSR count). The topological polar surface area (TPSA) is 12.0 Å². The predicted molar refractivity (Wildman–Crippen MR) is 82.4 cm³/mol. The van der Waals surface area contributed by atoms with Crippen LogP contribution in [-0.4, -0.2) is 6.54 Å². The lowest BCUT2D eigenvalue weighted by molar-refractivity contribution is 0.497. The molecule has 3 heteroatoms. The first-order valence-electron chi connectivity index (χ1n) is 7.25. The molecule has 0 saturated carbocycles. The summed E-state index contributed by atoms with van der Waals surface area (Å²) in [5.74, 6) is -1.60. The van der Waals surface area contributed by atoms with Crippen molar-refractivity contribution in [1.82, 2.24) is 5.32 Å². The fourth-order valence-corrected chi connectivity index (χ4v) is 2.52. The molecule has 1 atom stereocenters. The van der Waals surface area contributed by atoms with Gasteiger partial charge in [-0.05, 0) is 55.6 Å². The molecular weight excluding hydrogens is 268 g/mol. The minimum Gasteiger partial charge on any atom is -0.310 e. The van der Waals surface area contributed by atoms with Crippen molar-refractivity contribution in [2.24, 2.45) is 0 Å². The minimum atomic E-state index is -0.805. The predicted octanol–water partition coefficient (Wildman–Crippen LogP) is 4.47. The zero-order valence-corrected chi connectivity index (χ0v) is 12.7. The maximum absolute atomic E-state index is 13.5. The number of likely N-dealkylation sites (N-methyl/N-ethyl adjacent to an activating group) is 1. The number of nitrogens with one attached hydrogen (secondary N) is 1. The van der Waals surface area contributed by atoms with Crippen molar-refractivity contribution in [3.63, 3.8) is 0 Å².